The lowest BCUT2D eigenvalue weighted by atomic mass is 9.84. The summed E-state index contributed by atoms with van der Waals surface area (Å²) in [5.41, 5.74) is -1.02. The number of ether oxygens (including phenoxy) is 2. The molecule has 0 radical (unpaired) electrons. The maximum atomic E-state index is 11.5. The first-order chi connectivity index (χ1) is 6.17. The number of hydrogen-bond donors (Lipinski definition) is 0. The molecule has 0 amide bonds. The zero-order valence-corrected chi connectivity index (χ0v) is 7.96. The summed E-state index contributed by atoms with van der Waals surface area (Å²) in [5, 5.41) is 0. The van der Waals surface area contributed by atoms with E-state index in [1.54, 1.807) is 13.8 Å². The molecule has 1 saturated heterocycles. The van der Waals surface area contributed by atoms with Crippen molar-refractivity contribution >= 4 is 11.9 Å². The first-order valence-corrected chi connectivity index (χ1v) is 4.52. The monoisotopic (exact) mass is 186 g/mol. The Morgan fingerprint density at radius 2 is 2.31 bits per heavy atom. The third kappa shape index (κ3) is 1.53. The normalized spacial score (nSPS) is 27.1. The molecule has 4 nitrogen and oxygen atoms in total. The molecule has 1 aliphatic rings. The number of cyclic esters (lactones) is 1. The van der Waals surface area contributed by atoms with Gasteiger partial charge in [0.2, 0.25) is 0 Å². The van der Waals surface area contributed by atoms with Crippen molar-refractivity contribution in [2.75, 3.05) is 13.2 Å². The molecule has 0 N–H and O–H groups in total. The highest BCUT2D eigenvalue weighted by Crippen LogP contribution is 2.34. The molecule has 0 aromatic rings. The SMILES string of the molecule is CCOC(=O)C1(CC)CCOC1=O. The number of rotatable bonds is 3. The largest absolute Gasteiger partial charge is 0.465 e. The van der Waals surface area contributed by atoms with E-state index in [0.717, 1.165) is 0 Å². The number of hydrogen-bond acceptors (Lipinski definition) is 4. The molecule has 74 valence electrons. The highest BCUT2D eigenvalue weighted by atomic mass is 16.6. The summed E-state index contributed by atoms with van der Waals surface area (Å²) in [4.78, 5) is 22.8. The van der Waals surface area contributed by atoms with Crippen molar-refractivity contribution < 1.29 is 19.1 Å². The lowest BCUT2D eigenvalue weighted by Gasteiger charge is -2.19. The van der Waals surface area contributed by atoms with Gasteiger partial charge in [0.1, 0.15) is 0 Å². The summed E-state index contributed by atoms with van der Waals surface area (Å²) in [5.74, 6) is -0.881. The highest BCUT2D eigenvalue weighted by Gasteiger charge is 2.50. The molecule has 0 saturated carbocycles. The highest BCUT2D eigenvalue weighted by molar-refractivity contribution is 6.01. The number of carbonyl (C=O) groups excluding carboxylic acids is 2. The quantitative estimate of drug-likeness (QED) is 0.485. The van der Waals surface area contributed by atoms with Crippen LogP contribution in [0.25, 0.3) is 0 Å². The molecule has 0 aliphatic carbocycles. The van der Waals surface area contributed by atoms with Crippen LogP contribution in [0.1, 0.15) is 26.7 Å². The molecule has 4 heteroatoms. The van der Waals surface area contributed by atoms with Crippen LogP contribution >= 0.6 is 0 Å². The third-order valence-corrected chi connectivity index (χ3v) is 2.42. The molecule has 0 bridgehead atoms. The van der Waals surface area contributed by atoms with Crippen molar-refractivity contribution in [3.63, 3.8) is 0 Å². The van der Waals surface area contributed by atoms with E-state index in [1.165, 1.54) is 0 Å². The summed E-state index contributed by atoms with van der Waals surface area (Å²) in [6.07, 6.45) is 0.895. The van der Waals surface area contributed by atoms with Gasteiger partial charge < -0.3 is 9.47 Å². The van der Waals surface area contributed by atoms with E-state index in [1.807, 2.05) is 0 Å². The summed E-state index contributed by atoms with van der Waals surface area (Å²) >= 11 is 0. The average Bonchev–Trinajstić information content (AvgIpc) is 2.48. The second-order valence-electron chi connectivity index (χ2n) is 3.04. The Morgan fingerprint density at radius 3 is 2.69 bits per heavy atom. The van der Waals surface area contributed by atoms with Crippen LogP contribution < -0.4 is 0 Å². The standard InChI is InChI=1S/C9H14O4/c1-3-9(7(10)12-4-2)5-6-13-8(9)11/h3-6H2,1-2H3. The van der Waals surface area contributed by atoms with Crippen LogP contribution in [0.5, 0.6) is 0 Å². The van der Waals surface area contributed by atoms with Gasteiger partial charge in [-0.2, -0.15) is 0 Å². The second-order valence-corrected chi connectivity index (χ2v) is 3.04. The van der Waals surface area contributed by atoms with Gasteiger partial charge in [0.05, 0.1) is 13.2 Å². The predicted octanol–water partition coefficient (Wildman–Crippen LogP) is 0.893. The first kappa shape index (κ1) is 10.0. The molecule has 0 spiro atoms. The summed E-state index contributed by atoms with van der Waals surface area (Å²) in [6, 6.07) is 0. The van der Waals surface area contributed by atoms with Crippen LogP contribution in [0.2, 0.25) is 0 Å². The molecule has 1 aliphatic heterocycles. The van der Waals surface area contributed by atoms with E-state index in [0.29, 0.717) is 26.1 Å². The van der Waals surface area contributed by atoms with Crippen molar-refractivity contribution in [1.29, 1.82) is 0 Å². The molecular formula is C9H14O4. The van der Waals surface area contributed by atoms with Gasteiger partial charge in [-0.05, 0) is 13.3 Å². The average molecular weight is 186 g/mol. The molecule has 1 atom stereocenters. The summed E-state index contributed by atoms with van der Waals surface area (Å²) in [6.45, 7) is 4.14. The smallest absolute Gasteiger partial charge is 0.323 e. The van der Waals surface area contributed by atoms with Gasteiger partial charge in [0.15, 0.2) is 5.41 Å². The van der Waals surface area contributed by atoms with E-state index < -0.39 is 17.4 Å². The van der Waals surface area contributed by atoms with Gasteiger partial charge in [-0.15, -0.1) is 0 Å². The maximum absolute atomic E-state index is 11.5. The van der Waals surface area contributed by atoms with E-state index in [2.05, 4.69) is 0 Å². The minimum atomic E-state index is -1.02. The minimum absolute atomic E-state index is 0.299. The molecule has 13 heavy (non-hydrogen) atoms. The topological polar surface area (TPSA) is 52.6 Å². The van der Waals surface area contributed by atoms with Crippen LogP contribution in [0.4, 0.5) is 0 Å². The molecule has 1 unspecified atom stereocenters. The lowest BCUT2D eigenvalue weighted by molar-refractivity contribution is -0.164. The van der Waals surface area contributed by atoms with Crippen molar-refractivity contribution in [2.45, 2.75) is 26.7 Å². The Hall–Kier alpha value is -1.06. The summed E-state index contributed by atoms with van der Waals surface area (Å²) in [7, 11) is 0. The fraction of sp³-hybridized carbons (Fsp3) is 0.778. The van der Waals surface area contributed by atoms with Crippen LogP contribution in [0.3, 0.4) is 0 Å². The Kier molecular flexibility index (Phi) is 2.90. The molecule has 1 fully saturated rings. The van der Waals surface area contributed by atoms with Gasteiger partial charge in [0.25, 0.3) is 0 Å². The van der Waals surface area contributed by atoms with Crippen molar-refractivity contribution in [3.05, 3.63) is 0 Å². The second kappa shape index (κ2) is 3.77. The van der Waals surface area contributed by atoms with E-state index >= 15 is 0 Å². The predicted molar refractivity (Wildman–Crippen MR) is 44.9 cm³/mol. The maximum Gasteiger partial charge on any atom is 0.323 e. The Labute approximate surface area is 77.2 Å². The van der Waals surface area contributed by atoms with Crippen LogP contribution in [-0.4, -0.2) is 25.2 Å². The van der Waals surface area contributed by atoms with Gasteiger partial charge in [-0.3, -0.25) is 9.59 Å². The van der Waals surface area contributed by atoms with Gasteiger partial charge in [0, 0.05) is 6.42 Å². The van der Waals surface area contributed by atoms with E-state index in [4.69, 9.17) is 9.47 Å². The first-order valence-electron chi connectivity index (χ1n) is 4.52. The van der Waals surface area contributed by atoms with E-state index in [-0.39, 0.29) is 0 Å². The lowest BCUT2D eigenvalue weighted by Crippen LogP contribution is -2.36. The minimum Gasteiger partial charge on any atom is -0.465 e. The Bertz CT molecular complexity index is 224. The third-order valence-electron chi connectivity index (χ3n) is 2.42. The fourth-order valence-corrected chi connectivity index (χ4v) is 1.48. The molecule has 0 aromatic heterocycles. The fourth-order valence-electron chi connectivity index (χ4n) is 1.48. The van der Waals surface area contributed by atoms with E-state index in [9.17, 15) is 9.59 Å². The van der Waals surface area contributed by atoms with Crippen molar-refractivity contribution in [1.82, 2.24) is 0 Å². The molecular weight excluding hydrogens is 172 g/mol. The zero-order valence-electron chi connectivity index (χ0n) is 7.96. The van der Waals surface area contributed by atoms with Gasteiger partial charge in [-0.25, -0.2) is 0 Å². The zero-order chi connectivity index (χ0) is 9.90. The number of esters is 2. The van der Waals surface area contributed by atoms with Crippen molar-refractivity contribution in [2.24, 2.45) is 5.41 Å². The van der Waals surface area contributed by atoms with Crippen LogP contribution in [-0.2, 0) is 19.1 Å². The van der Waals surface area contributed by atoms with Crippen LogP contribution in [0.15, 0.2) is 0 Å². The Balaban J connectivity index is 2.80. The Morgan fingerprint density at radius 1 is 1.62 bits per heavy atom. The van der Waals surface area contributed by atoms with Crippen LogP contribution in [0, 0.1) is 5.41 Å². The molecule has 1 heterocycles. The van der Waals surface area contributed by atoms with Gasteiger partial charge >= 0.3 is 11.9 Å². The molecule has 0 aromatic carbocycles. The molecule has 1 rings (SSSR count). The number of carbonyl (C=O) groups is 2. The summed E-state index contributed by atoms with van der Waals surface area (Å²) < 4.78 is 9.64. The van der Waals surface area contributed by atoms with Crippen molar-refractivity contribution in [3.8, 4) is 0 Å². The van der Waals surface area contributed by atoms with Gasteiger partial charge in [-0.1, -0.05) is 6.92 Å².